The van der Waals surface area contributed by atoms with Gasteiger partial charge >= 0.3 is 0 Å². The summed E-state index contributed by atoms with van der Waals surface area (Å²) in [5, 5.41) is 0. The van der Waals surface area contributed by atoms with Crippen molar-refractivity contribution < 1.29 is 0 Å². The van der Waals surface area contributed by atoms with Gasteiger partial charge in [0.1, 0.15) is 11.6 Å². The van der Waals surface area contributed by atoms with E-state index in [4.69, 9.17) is 0 Å². The lowest BCUT2D eigenvalue weighted by atomic mass is 10.1. The minimum Gasteiger partial charge on any atom is -0.359 e. The highest BCUT2D eigenvalue weighted by Crippen LogP contribution is 2.26. The molecule has 0 atom stereocenters. The SMILES string of the molecule is CC(C)c1nc(N(C)CC2CCCC2)cc(=O)[nH]1. The maximum atomic E-state index is 11.6. The van der Waals surface area contributed by atoms with Crippen molar-refractivity contribution in [2.75, 3.05) is 18.5 Å². The first-order valence-corrected chi connectivity index (χ1v) is 6.88. The Morgan fingerprint density at radius 3 is 2.72 bits per heavy atom. The average molecular weight is 249 g/mol. The third-order valence-electron chi connectivity index (χ3n) is 3.69. The summed E-state index contributed by atoms with van der Waals surface area (Å²) < 4.78 is 0. The molecule has 1 saturated carbocycles. The van der Waals surface area contributed by atoms with Gasteiger partial charge in [-0.1, -0.05) is 26.7 Å². The Balaban J connectivity index is 2.13. The number of rotatable bonds is 4. The fourth-order valence-corrected chi connectivity index (χ4v) is 2.61. The molecule has 1 fully saturated rings. The fourth-order valence-electron chi connectivity index (χ4n) is 2.61. The van der Waals surface area contributed by atoms with Crippen LogP contribution in [0.1, 0.15) is 51.3 Å². The zero-order valence-electron chi connectivity index (χ0n) is 11.6. The maximum Gasteiger partial charge on any atom is 0.252 e. The Labute approximate surface area is 108 Å². The van der Waals surface area contributed by atoms with Gasteiger partial charge in [-0.3, -0.25) is 4.79 Å². The van der Waals surface area contributed by atoms with Gasteiger partial charge < -0.3 is 9.88 Å². The number of nitrogens with one attached hydrogen (secondary N) is 1. The molecule has 4 nitrogen and oxygen atoms in total. The minimum absolute atomic E-state index is 0.0537. The molecular formula is C14H23N3O. The van der Waals surface area contributed by atoms with Crippen LogP contribution in [0.25, 0.3) is 0 Å². The monoisotopic (exact) mass is 249 g/mol. The van der Waals surface area contributed by atoms with Crippen molar-refractivity contribution in [1.29, 1.82) is 0 Å². The van der Waals surface area contributed by atoms with Crippen LogP contribution in [0.5, 0.6) is 0 Å². The molecular weight excluding hydrogens is 226 g/mol. The fraction of sp³-hybridized carbons (Fsp3) is 0.714. The molecule has 0 aromatic carbocycles. The smallest absolute Gasteiger partial charge is 0.252 e. The van der Waals surface area contributed by atoms with Gasteiger partial charge in [0.15, 0.2) is 0 Å². The molecule has 1 aromatic rings. The number of aromatic amines is 1. The second kappa shape index (κ2) is 5.55. The molecule has 0 radical (unpaired) electrons. The Bertz CT molecular complexity index is 447. The molecule has 1 aliphatic rings. The molecule has 2 rings (SSSR count). The Kier molecular flexibility index (Phi) is 4.04. The molecule has 1 aromatic heterocycles. The van der Waals surface area contributed by atoms with Crippen LogP contribution in [-0.4, -0.2) is 23.6 Å². The lowest BCUT2D eigenvalue weighted by molar-refractivity contribution is 0.544. The van der Waals surface area contributed by atoms with Crippen LogP contribution < -0.4 is 10.5 Å². The van der Waals surface area contributed by atoms with E-state index >= 15 is 0 Å². The summed E-state index contributed by atoms with van der Waals surface area (Å²) in [6.45, 7) is 5.09. The molecule has 1 heterocycles. The van der Waals surface area contributed by atoms with Crippen LogP contribution in [-0.2, 0) is 0 Å². The van der Waals surface area contributed by atoms with E-state index in [-0.39, 0.29) is 11.5 Å². The van der Waals surface area contributed by atoms with Crippen LogP contribution >= 0.6 is 0 Å². The van der Waals surface area contributed by atoms with E-state index in [1.54, 1.807) is 6.07 Å². The third kappa shape index (κ3) is 3.12. The summed E-state index contributed by atoms with van der Waals surface area (Å²) in [7, 11) is 2.03. The number of nitrogens with zero attached hydrogens (tertiary/aromatic N) is 2. The lowest BCUT2D eigenvalue weighted by Crippen LogP contribution is -2.27. The quantitative estimate of drug-likeness (QED) is 0.892. The number of hydrogen-bond acceptors (Lipinski definition) is 3. The standard InChI is InChI=1S/C14H23N3O/c1-10(2)14-15-12(8-13(18)16-14)17(3)9-11-6-4-5-7-11/h8,10-11H,4-7,9H2,1-3H3,(H,15,16,18). The van der Waals surface area contributed by atoms with E-state index in [1.807, 2.05) is 20.9 Å². The predicted octanol–water partition coefficient (Wildman–Crippen LogP) is 2.52. The molecule has 0 aliphatic heterocycles. The van der Waals surface area contributed by atoms with Gasteiger partial charge in [0.05, 0.1) is 0 Å². The highest BCUT2D eigenvalue weighted by atomic mass is 16.1. The summed E-state index contributed by atoms with van der Waals surface area (Å²) >= 11 is 0. The van der Waals surface area contributed by atoms with Crippen molar-refractivity contribution in [3.8, 4) is 0 Å². The van der Waals surface area contributed by atoms with Crippen LogP contribution in [0, 0.1) is 5.92 Å². The van der Waals surface area contributed by atoms with Gasteiger partial charge in [0.25, 0.3) is 5.56 Å². The summed E-state index contributed by atoms with van der Waals surface area (Å²) in [6.07, 6.45) is 5.31. The zero-order valence-corrected chi connectivity index (χ0v) is 11.6. The van der Waals surface area contributed by atoms with Gasteiger partial charge in [-0.15, -0.1) is 0 Å². The average Bonchev–Trinajstić information content (AvgIpc) is 2.80. The number of anilines is 1. The summed E-state index contributed by atoms with van der Waals surface area (Å²) in [5.41, 5.74) is -0.0537. The maximum absolute atomic E-state index is 11.6. The molecule has 1 N–H and O–H groups in total. The zero-order chi connectivity index (χ0) is 13.1. The van der Waals surface area contributed by atoms with E-state index in [2.05, 4.69) is 14.9 Å². The molecule has 18 heavy (non-hydrogen) atoms. The lowest BCUT2D eigenvalue weighted by Gasteiger charge is -2.22. The van der Waals surface area contributed by atoms with Gasteiger partial charge in [-0.05, 0) is 18.8 Å². The van der Waals surface area contributed by atoms with Gasteiger partial charge in [0.2, 0.25) is 0 Å². The Morgan fingerprint density at radius 2 is 2.11 bits per heavy atom. The molecule has 1 aliphatic carbocycles. The second-order valence-electron chi connectivity index (χ2n) is 5.67. The second-order valence-corrected chi connectivity index (χ2v) is 5.67. The normalized spacial score (nSPS) is 16.4. The molecule has 4 heteroatoms. The van der Waals surface area contributed by atoms with Crippen molar-refractivity contribution in [2.24, 2.45) is 5.92 Å². The van der Waals surface area contributed by atoms with Crippen LogP contribution in [0.2, 0.25) is 0 Å². The van der Waals surface area contributed by atoms with Gasteiger partial charge in [-0.2, -0.15) is 0 Å². The van der Waals surface area contributed by atoms with Crippen LogP contribution in [0.15, 0.2) is 10.9 Å². The summed E-state index contributed by atoms with van der Waals surface area (Å²) in [4.78, 5) is 21.1. The van der Waals surface area contributed by atoms with E-state index in [0.717, 1.165) is 24.1 Å². The van der Waals surface area contributed by atoms with Crippen LogP contribution in [0.4, 0.5) is 5.82 Å². The van der Waals surface area contributed by atoms with Gasteiger partial charge in [0, 0.05) is 25.6 Å². The Hall–Kier alpha value is -1.32. The third-order valence-corrected chi connectivity index (χ3v) is 3.69. The summed E-state index contributed by atoms with van der Waals surface area (Å²) in [6, 6.07) is 1.60. The topological polar surface area (TPSA) is 49.0 Å². The first kappa shape index (κ1) is 13.1. The largest absolute Gasteiger partial charge is 0.359 e. The van der Waals surface area contributed by atoms with E-state index in [9.17, 15) is 4.79 Å². The highest BCUT2D eigenvalue weighted by molar-refractivity contribution is 5.36. The summed E-state index contributed by atoms with van der Waals surface area (Å²) in [5.74, 6) is 2.58. The molecule has 0 amide bonds. The molecule has 0 bridgehead atoms. The number of H-pyrrole nitrogens is 1. The van der Waals surface area contributed by atoms with Crippen molar-refractivity contribution in [3.63, 3.8) is 0 Å². The van der Waals surface area contributed by atoms with E-state index in [0.29, 0.717) is 0 Å². The predicted molar refractivity (Wildman–Crippen MR) is 74.2 cm³/mol. The van der Waals surface area contributed by atoms with E-state index in [1.165, 1.54) is 25.7 Å². The highest BCUT2D eigenvalue weighted by Gasteiger charge is 2.18. The van der Waals surface area contributed by atoms with E-state index < -0.39 is 0 Å². The minimum atomic E-state index is -0.0537. The van der Waals surface area contributed by atoms with Crippen molar-refractivity contribution in [2.45, 2.75) is 45.4 Å². The van der Waals surface area contributed by atoms with Crippen molar-refractivity contribution >= 4 is 5.82 Å². The number of hydrogen-bond donors (Lipinski definition) is 1. The molecule has 100 valence electrons. The van der Waals surface area contributed by atoms with Crippen molar-refractivity contribution in [1.82, 2.24) is 9.97 Å². The molecule has 0 unspecified atom stereocenters. The van der Waals surface area contributed by atoms with Crippen molar-refractivity contribution in [3.05, 3.63) is 22.2 Å². The van der Waals surface area contributed by atoms with Gasteiger partial charge in [-0.25, -0.2) is 4.98 Å². The van der Waals surface area contributed by atoms with Crippen LogP contribution in [0.3, 0.4) is 0 Å². The first-order valence-electron chi connectivity index (χ1n) is 6.88. The first-order chi connectivity index (χ1) is 8.56. The molecule has 0 spiro atoms. The number of aromatic nitrogens is 2. The molecule has 0 saturated heterocycles. The Morgan fingerprint density at radius 1 is 1.44 bits per heavy atom.